The van der Waals surface area contributed by atoms with Gasteiger partial charge in [0.25, 0.3) is 0 Å². The van der Waals surface area contributed by atoms with Crippen LogP contribution in [0.4, 0.5) is 5.13 Å². The molecule has 90 valence electrons. The van der Waals surface area contributed by atoms with Gasteiger partial charge in [0.15, 0.2) is 0 Å². The maximum absolute atomic E-state index is 11.6. The third-order valence-corrected chi connectivity index (χ3v) is 2.63. The Labute approximate surface area is 99.8 Å². The average Bonchev–Trinajstić information content (AvgIpc) is 2.64. The molecule has 2 N–H and O–H groups in total. The first-order chi connectivity index (χ1) is 7.52. The fourth-order valence-electron chi connectivity index (χ4n) is 1.12. The topological polar surface area (TPSA) is 66.9 Å². The zero-order chi connectivity index (χ0) is 12.1. The second kappa shape index (κ2) is 5.79. The summed E-state index contributed by atoms with van der Waals surface area (Å²) in [6.45, 7) is 7.68. The molecule has 1 rings (SSSR count). The molecule has 0 fully saturated rings. The van der Waals surface area contributed by atoms with Gasteiger partial charge in [0, 0.05) is 24.0 Å². The van der Waals surface area contributed by atoms with Crippen molar-refractivity contribution in [1.29, 1.82) is 0 Å². The van der Waals surface area contributed by atoms with E-state index in [9.17, 15) is 4.79 Å². The van der Waals surface area contributed by atoms with Gasteiger partial charge in [-0.1, -0.05) is 6.92 Å². The highest BCUT2D eigenvalue weighted by Gasteiger charge is 2.14. The number of rotatable bonds is 5. The van der Waals surface area contributed by atoms with E-state index in [1.54, 1.807) is 0 Å². The minimum absolute atomic E-state index is 0.0248. The van der Waals surface area contributed by atoms with Crippen molar-refractivity contribution in [3.05, 3.63) is 5.82 Å². The van der Waals surface area contributed by atoms with Crippen molar-refractivity contribution in [2.24, 2.45) is 0 Å². The number of nitrogens with zero attached hydrogens (tertiary/aromatic N) is 2. The van der Waals surface area contributed by atoms with E-state index in [1.165, 1.54) is 11.5 Å². The molecule has 0 aromatic carbocycles. The molecule has 0 aliphatic carbocycles. The van der Waals surface area contributed by atoms with Gasteiger partial charge in [-0.05, 0) is 20.8 Å². The van der Waals surface area contributed by atoms with E-state index in [-0.39, 0.29) is 18.0 Å². The van der Waals surface area contributed by atoms with E-state index in [0.717, 1.165) is 12.2 Å². The zero-order valence-electron chi connectivity index (χ0n) is 10.1. The van der Waals surface area contributed by atoms with Crippen LogP contribution >= 0.6 is 11.5 Å². The van der Waals surface area contributed by atoms with Gasteiger partial charge in [0.1, 0.15) is 11.9 Å². The van der Waals surface area contributed by atoms with E-state index >= 15 is 0 Å². The molecule has 0 bridgehead atoms. The number of aryl methyl sites for hydroxylation is 1. The number of carbonyl (C=O) groups is 1. The van der Waals surface area contributed by atoms with Crippen LogP contribution in [-0.2, 0) is 11.2 Å². The minimum atomic E-state index is -0.292. The molecule has 5 nitrogen and oxygen atoms in total. The molecule has 0 radical (unpaired) electrons. The smallest absolute Gasteiger partial charge is 0.242 e. The fraction of sp³-hybridized carbons (Fsp3) is 0.700. The van der Waals surface area contributed by atoms with Crippen LogP contribution in [0.2, 0.25) is 0 Å². The predicted octanol–water partition coefficient (Wildman–Crippen LogP) is 1.43. The first kappa shape index (κ1) is 12.9. The third-order valence-electron chi connectivity index (χ3n) is 1.95. The normalized spacial score (nSPS) is 12.6. The summed E-state index contributed by atoms with van der Waals surface area (Å²) in [6, 6.07) is -0.141. The summed E-state index contributed by atoms with van der Waals surface area (Å²) in [6.07, 6.45) is 0.810. The van der Waals surface area contributed by atoms with Crippen molar-refractivity contribution in [2.75, 3.05) is 5.32 Å². The maximum Gasteiger partial charge on any atom is 0.242 e. The van der Waals surface area contributed by atoms with E-state index < -0.39 is 0 Å². The Kier molecular flexibility index (Phi) is 4.67. The molecule has 0 aliphatic rings. The van der Waals surface area contributed by atoms with Crippen LogP contribution in [0, 0.1) is 0 Å². The number of amides is 1. The number of hydrogen-bond donors (Lipinski definition) is 2. The zero-order valence-corrected chi connectivity index (χ0v) is 10.9. The third kappa shape index (κ3) is 3.77. The molecule has 0 aliphatic heterocycles. The molecule has 1 amide bonds. The van der Waals surface area contributed by atoms with E-state index in [2.05, 4.69) is 20.0 Å². The molecule has 0 saturated heterocycles. The average molecular weight is 242 g/mol. The molecule has 6 heteroatoms. The van der Waals surface area contributed by atoms with Crippen molar-refractivity contribution in [3.8, 4) is 0 Å². The highest BCUT2D eigenvalue weighted by molar-refractivity contribution is 7.09. The van der Waals surface area contributed by atoms with Gasteiger partial charge < -0.3 is 10.6 Å². The van der Waals surface area contributed by atoms with Crippen LogP contribution in [0.3, 0.4) is 0 Å². The maximum atomic E-state index is 11.6. The lowest BCUT2D eigenvalue weighted by molar-refractivity contribution is -0.122. The lowest BCUT2D eigenvalue weighted by atomic mass is 10.3. The van der Waals surface area contributed by atoms with Crippen LogP contribution < -0.4 is 10.6 Å². The summed E-state index contributed by atoms with van der Waals surface area (Å²) >= 11 is 1.29. The van der Waals surface area contributed by atoms with Crippen molar-refractivity contribution in [1.82, 2.24) is 14.7 Å². The largest absolute Gasteiger partial charge is 0.352 e. The van der Waals surface area contributed by atoms with Crippen LogP contribution in [0.25, 0.3) is 0 Å². The summed E-state index contributed by atoms with van der Waals surface area (Å²) in [5.74, 6) is 0.784. The van der Waals surface area contributed by atoms with Gasteiger partial charge >= 0.3 is 0 Å². The Morgan fingerprint density at radius 3 is 2.62 bits per heavy atom. The first-order valence-corrected chi connectivity index (χ1v) is 6.19. The summed E-state index contributed by atoms with van der Waals surface area (Å²) in [5.41, 5.74) is 0. The molecule has 0 saturated carbocycles. The van der Waals surface area contributed by atoms with Gasteiger partial charge in [-0.25, -0.2) is 4.98 Å². The van der Waals surface area contributed by atoms with Crippen LogP contribution in [0.5, 0.6) is 0 Å². The number of hydrogen-bond acceptors (Lipinski definition) is 5. The summed E-state index contributed by atoms with van der Waals surface area (Å²) in [4.78, 5) is 15.9. The minimum Gasteiger partial charge on any atom is -0.352 e. The van der Waals surface area contributed by atoms with Crippen LogP contribution in [0.15, 0.2) is 0 Å². The summed E-state index contributed by atoms with van der Waals surface area (Å²) < 4.78 is 4.14. The SMILES string of the molecule is CCc1nsc(NC(C)C(=O)NC(C)C)n1. The highest BCUT2D eigenvalue weighted by atomic mass is 32.1. The Morgan fingerprint density at radius 2 is 2.12 bits per heavy atom. The van der Waals surface area contributed by atoms with Crippen molar-refractivity contribution < 1.29 is 4.79 Å². The Morgan fingerprint density at radius 1 is 1.44 bits per heavy atom. The number of aromatic nitrogens is 2. The second-order valence-corrected chi connectivity index (χ2v) is 4.65. The van der Waals surface area contributed by atoms with E-state index in [0.29, 0.717) is 5.13 Å². The predicted molar refractivity (Wildman–Crippen MR) is 65.7 cm³/mol. The van der Waals surface area contributed by atoms with E-state index in [4.69, 9.17) is 0 Å². The molecular weight excluding hydrogens is 224 g/mol. The summed E-state index contributed by atoms with van der Waals surface area (Å²) in [7, 11) is 0. The lowest BCUT2D eigenvalue weighted by Gasteiger charge is -2.14. The molecule has 1 aromatic heterocycles. The Hall–Kier alpha value is -1.17. The Balaban J connectivity index is 2.50. The number of carbonyl (C=O) groups excluding carboxylic acids is 1. The van der Waals surface area contributed by atoms with Crippen molar-refractivity contribution in [3.63, 3.8) is 0 Å². The van der Waals surface area contributed by atoms with Crippen molar-refractivity contribution >= 4 is 22.6 Å². The molecule has 0 spiro atoms. The molecule has 16 heavy (non-hydrogen) atoms. The van der Waals surface area contributed by atoms with Gasteiger partial charge in [-0.3, -0.25) is 4.79 Å². The second-order valence-electron chi connectivity index (χ2n) is 3.90. The van der Waals surface area contributed by atoms with Crippen LogP contribution in [0.1, 0.15) is 33.5 Å². The lowest BCUT2D eigenvalue weighted by Crippen LogP contribution is -2.40. The van der Waals surface area contributed by atoms with Gasteiger partial charge in [-0.2, -0.15) is 4.37 Å². The van der Waals surface area contributed by atoms with Crippen molar-refractivity contribution in [2.45, 2.75) is 46.2 Å². The van der Waals surface area contributed by atoms with Gasteiger partial charge in [0.05, 0.1) is 0 Å². The number of nitrogens with one attached hydrogen (secondary N) is 2. The Bertz CT molecular complexity index is 350. The number of anilines is 1. The quantitative estimate of drug-likeness (QED) is 0.819. The molecule has 1 aromatic rings. The molecule has 1 atom stereocenters. The van der Waals surface area contributed by atoms with Crippen LogP contribution in [-0.4, -0.2) is 27.3 Å². The van der Waals surface area contributed by atoms with Gasteiger partial charge in [0.2, 0.25) is 11.0 Å². The highest BCUT2D eigenvalue weighted by Crippen LogP contribution is 2.12. The fourth-order valence-corrected chi connectivity index (χ4v) is 1.85. The molecular formula is C10H18N4OS. The molecule has 1 unspecified atom stereocenters. The summed E-state index contributed by atoms with van der Waals surface area (Å²) in [5, 5.41) is 6.57. The standard InChI is InChI=1S/C10H18N4OS/c1-5-8-13-10(16-14-8)12-7(4)9(15)11-6(2)3/h6-7H,5H2,1-4H3,(H,11,15)(H,12,13,14). The monoisotopic (exact) mass is 242 g/mol. The first-order valence-electron chi connectivity index (χ1n) is 5.42. The van der Waals surface area contributed by atoms with E-state index in [1.807, 2.05) is 27.7 Å². The van der Waals surface area contributed by atoms with Gasteiger partial charge in [-0.15, -0.1) is 0 Å². The molecule has 1 heterocycles.